The highest BCUT2D eigenvalue weighted by Gasteiger charge is 2.23. The van der Waals surface area contributed by atoms with Crippen LogP contribution in [0.2, 0.25) is 0 Å². The molecule has 0 fully saturated rings. The Hall–Kier alpha value is -1.85. The summed E-state index contributed by atoms with van der Waals surface area (Å²) in [7, 11) is 0. The number of carbonyl (C=O) groups excluding carboxylic acids is 1. The summed E-state index contributed by atoms with van der Waals surface area (Å²) in [5, 5.41) is 12.5. The fourth-order valence-electron chi connectivity index (χ4n) is 1.73. The first kappa shape index (κ1) is 18.2. The molecule has 0 saturated heterocycles. The highest BCUT2D eigenvalue weighted by Crippen LogP contribution is 2.08. The number of alkyl carbamates (subject to hydrolysis) is 1. The maximum Gasteiger partial charge on any atom is 0.408 e. The highest BCUT2D eigenvalue weighted by atomic mass is 16.6. The first-order valence-electron chi connectivity index (χ1n) is 7.23. The Morgan fingerprint density at radius 3 is 2.55 bits per heavy atom. The number of nitrogens with one attached hydrogen (secondary N) is 1. The molecule has 0 aliphatic carbocycles. The zero-order valence-electron chi connectivity index (χ0n) is 13.4. The van der Waals surface area contributed by atoms with Gasteiger partial charge in [0.1, 0.15) is 5.60 Å². The fourth-order valence-corrected chi connectivity index (χ4v) is 1.73. The van der Waals surface area contributed by atoms with Crippen molar-refractivity contribution in [3.8, 4) is 0 Å². The van der Waals surface area contributed by atoms with Crippen molar-refractivity contribution in [1.82, 2.24) is 5.32 Å². The summed E-state index contributed by atoms with van der Waals surface area (Å²) in [6, 6.07) is 9.05. The number of aliphatic hydroxyl groups is 1. The maximum absolute atomic E-state index is 11.8. The van der Waals surface area contributed by atoms with Gasteiger partial charge in [-0.15, -0.1) is 6.58 Å². The quantitative estimate of drug-likeness (QED) is 0.760. The van der Waals surface area contributed by atoms with Gasteiger partial charge in [-0.1, -0.05) is 36.4 Å². The van der Waals surface area contributed by atoms with Gasteiger partial charge in [0.05, 0.1) is 25.4 Å². The smallest absolute Gasteiger partial charge is 0.408 e. The second-order valence-electron chi connectivity index (χ2n) is 5.98. The van der Waals surface area contributed by atoms with Crippen LogP contribution in [0.3, 0.4) is 0 Å². The average molecular weight is 307 g/mol. The van der Waals surface area contributed by atoms with Crippen LogP contribution in [0, 0.1) is 0 Å². The third-order valence-corrected chi connectivity index (χ3v) is 2.76. The normalized spacial score (nSPS) is 14.0. The Balaban J connectivity index is 2.50. The second-order valence-corrected chi connectivity index (χ2v) is 5.98. The van der Waals surface area contributed by atoms with Crippen LogP contribution < -0.4 is 5.32 Å². The van der Waals surface area contributed by atoms with Crippen molar-refractivity contribution in [3.63, 3.8) is 0 Å². The van der Waals surface area contributed by atoms with Gasteiger partial charge in [-0.2, -0.15) is 0 Å². The minimum absolute atomic E-state index is 0.154. The molecular weight excluding hydrogens is 282 g/mol. The Morgan fingerprint density at radius 1 is 1.36 bits per heavy atom. The van der Waals surface area contributed by atoms with Crippen molar-refractivity contribution in [1.29, 1.82) is 0 Å². The van der Waals surface area contributed by atoms with Gasteiger partial charge in [0, 0.05) is 0 Å². The van der Waals surface area contributed by atoms with Crippen molar-refractivity contribution >= 4 is 6.09 Å². The number of amides is 1. The predicted molar refractivity (Wildman–Crippen MR) is 85.5 cm³/mol. The Morgan fingerprint density at radius 2 is 2.00 bits per heavy atom. The van der Waals surface area contributed by atoms with E-state index in [0.29, 0.717) is 6.61 Å². The van der Waals surface area contributed by atoms with E-state index in [1.807, 2.05) is 30.3 Å². The van der Waals surface area contributed by atoms with Crippen LogP contribution in [0.1, 0.15) is 26.3 Å². The lowest BCUT2D eigenvalue weighted by Gasteiger charge is -2.25. The molecule has 2 N–H and O–H groups in total. The number of ether oxygens (including phenoxy) is 2. The van der Waals surface area contributed by atoms with E-state index in [0.717, 1.165) is 5.56 Å². The zero-order valence-corrected chi connectivity index (χ0v) is 13.4. The van der Waals surface area contributed by atoms with E-state index in [-0.39, 0.29) is 6.61 Å². The van der Waals surface area contributed by atoms with E-state index in [1.165, 1.54) is 6.08 Å². The second kappa shape index (κ2) is 8.56. The minimum atomic E-state index is -0.914. The van der Waals surface area contributed by atoms with E-state index < -0.39 is 23.8 Å². The monoisotopic (exact) mass is 307 g/mol. The molecule has 0 heterocycles. The number of hydrogen-bond donors (Lipinski definition) is 2. The molecule has 1 aromatic carbocycles. The van der Waals surface area contributed by atoms with Gasteiger partial charge in [-0.25, -0.2) is 4.79 Å². The molecule has 0 unspecified atom stereocenters. The fraction of sp³-hybridized carbons (Fsp3) is 0.471. The van der Waals surface area contributed by atoms with Gasteiger partial charge >= 0.3 is 6.09 Å². The summed E-state index contributed by atoms with van der Waals surface area (Å²) in [5.41, 5.74) is 0.421. The lowest BCUT2D eigenvalue weighted by molar-refractivity contribution is 0.0283. The molecule has 0 radical (unpaired) electrons. The molecule has 0 aromatic heterocycles. The number of aliphatic hydroxyl groups excluding tert-OH is 1. The standard InChI is InChI=1S/C17H25NO4/c1-5-15(19)14(18-16(20)22-17(2,3)4)12-21-11-13-9-7-6-8-10-13/h5-10,14-15,19H,1,11-12H2,2-4H3,(H,18,20)/t14-,15+/m1/s1. The zero-order chi connectivity index (χ0) is 16.6. The average Bonchev–Trinajstić information content (AvgIpc) is 2.44. The van der Waals surface area contributed by atoms with Crippen LogP contribution in [0.25, 0.3) is 0 Å². The van der Waals surface area contributed by atoms with E-state index in [9.17, 15) is 9.90 Å². The van der Waals surface area contributed by atoms with Gasteiger partial charge in [-0.05, 0) is 26.3 Å². The van der Waals surface area contributed by atoms with Crippen LogP contribution in [0.15, 0.2) is 43.0 Å². The minimum Gasteiger partial charge on any atom is -0.444 e. The van der Waals surface area contributed by atoms with E-state index in [4.69, 9.17) is 9.47 Å². The van der Waals surface area contributed by atoms with Gasteiger partial charge in [0.2, 0.25) is 0 Å². The van der Waals surface area contributed by atoms with Crippen molar-refractivity contribution in [3.05, 3.63) is 48.6 Å². The maximum atomic E-state index is 11.8. The van der Waals surface area contributed by atoms with Gasteiger partial charge in [0.25, 0.3) is 0 Å². The Kier molecular flexibility index (Phi) is 7.08. The van der Waals surface area contributed by atoms with E-state index >= 15 is 0 Å². The molecule has 1 rings (SSSR count). The molecule has 22 heavy (non-hydrogen) atoms. The van der Waals surface area contributed by atoms with Crippen LogP contribution in [-0.4, -0.2) is 35.6 Å². The molecule has 0 bridgehead atoms. The number of rotatable bonds is 7. The molecule has 0 spiro atoms. The highest BCUT2D eigenvalue weighted by molar-refractivity contribution is 5.68. The lowest BCUT2D eigenvalue weighted by atomic mass is 10.1. The van der Waals surface area contributed by atoms with Crippen LogP contribution in [0.5, 0.6) is 0 Å². The lowest BCUT2D eigenvalue weighted by Crippen LogP contribution is -2.47. The van der Waals surface area contributed by atoms with Gasteiger partial charge in [-0.3, -0.25) is 0 Å². The predicted octanol–water partition coefficient (Wildman–Crippen LogP) is 2.64. The van der Waals surface area contributed by atoms with Crippen molar-refractivity contribution in [2.24, 2.45) is 0 Å². The first-order valence-corrected chi connectivity index (χ1v) is 7.23. The molecule has 0 saturated carbocycles. The summed E-state index contributed by atoms with van der Waals surface area (Å²) >= 11 is 0. The molecular formula is C17H25NO4. The summed E-state index contributed by atoms with van der Waals surface area (Å²) in [6.07, 6.45) is -0.154. The summed E-state index contributed by atoms with van der Waals surface area (Å²) in [6.45, 7) is 9.41. The Bertz CT molecular complexity index is 467. The summed E-state index contributed by atoms with van der Waals surface area (Å²) < 4.78 is 10.7. The number of hydrogen-bond acceptors (Lipinski definition) is 4. The third-order valence-electron chi connectivity index (χ3n) is 2.76. The van der Waals surface area contributed by atoms with Crippen molar-refractivity contribution in [2.75, 3.05) is 6.61 Å². The van der Waals surface area contributed by atoms with E-state index in [1.54, 1.807) is 20.8 Å². The molecule has 1 amide bonds. The molecule has 0 aliphatic heterocycles. The SMILES string of the molecule is C=C[C@H](O)[C@@H](COCc1ccccc1)NC(=O)OC(C)(C)C. The summed E-state index contributed by atoms with van der Waals surface area (Å²) in [4.78, 5) is 11.8. The van der Waals surface area contributed by atoms with Crippen LogP contribution in [-0.2, 0) is 16.1 Å². The topological polar surface area (TPSA) is 67.8 Å². The number of carbonyl (C=O) groups is 1. The molecule has 5 heteroatoms. The molecule has 0 aliphatic rings. The molecule has 5 nitrogen and oxygen atoms in total. The first-order chi connectivity index (χ1) is 10.3. The molecule has 122 valence electrons. The van der Waals surface area contributed by atoms with Crippen molar-refractivity contribution in [2.45, 2.75) is 45.1 Å². The van der Waals surface area contributed by atoms with Crippen molar-refractivity contribution < 1.29 is 19.4 Å². The van der Waals surface area contributed by atoms with Crippen LogP contribution in [0.4, 0.5) is 4.79 Å². The third kappa shape index (κ3) is 7.24. The molecule has 1 aromatic rings. The number of benzene rings is 1. The summed E-state index contributed by atoms with van der Waals surface area (Å²) in [5.74, 6) is 0. The van der Waals surface area contributed by atoms with Crippen LogP contribution >= 0.6 is 0 Å². The van der Waals surface area contributed by atoms with Gasteiger partial charge in [0.15, 0.2) is 0 Å². The Labute approximate surface area is 131 Å². The van der Waals surface area contributed by atoms with Gasteiger partial charge < -0.3 is 19.9 Å². The van der Waals surface area contributed by atoms with E-state index in [2.05, 4.69) is 11.9 Å². The molecule has 2 atom stereocenters. The largest absolute Gasteiger partial charge is 0.444 e.